The molecule has 0 aliphatic heterocycles. The maximum atomic E-state index is 6.44. The molecule has 24 heavy (non-hydrogen) atoms. The highest BCUT2D eigenvalue weighted by atomic mass is 79.9. The highest BCUT2D eigenvalue weighted by molar-refractivity contribution is 9.10. The van der Waals surface area contributed by atoms with Gasteiger partial charge in [-0.05, 0) is 55.6 Å². The number of benzene rings is 2. The van der Waals surface area contributed by atoms with E-state index in [-0.39, 0.29) is 0 Å². The average molecular weight is 447 g/mol. The van der Waals surface area contributed by atoms with Gasteiger partial charge in [0.25, 0.3) is 0 Å². The van der Waals surface area contributed by atoms with Gasteiger partial charge in [-0.2, -0.15) is 0 Å². The molecule has 0 spiro atoms. The Morgan fingerprint density at radius 3 is 2.50 bits per heavy atom. The fourth-order valence-corrected chi connectivity index (χ4v) is 3.83. The first-order valence-electron chi connectivity index (χ1n) is 7.67. The lowest BCUT2D eigenvalue weighted by Crippen LogP contribution is -1.99. The van der Waals surface area contributed by atoms with Crippen LogP contribution >= 0.6 is 50.7 Å². The molecule has 0 saturated heterocycles. The van der Waals surface area contributed by atoms with Crippen LogP contribution in [0.15, 0.2) is 34.8 Å². The highest BCUT2D eigenvalue weighted by Gasteiger charge is 2.18. The molecular weight excluding hydrogens is 430 g/mol. The van der Waals surface area contributed by atoms with Gasteiger partial charge in [-0.3, -0.25) is 0 Å². The molecule has 2 nitrogen and oxygen atoms in total. The highest BCUT2D eigenvalue weighted by Crippen LogP contribution is 2.40. The molecule has 0 fully saturated rings. The van der Waals surface area contributed by atoms with Gasteiger partial charge in [-0.25, -0.2) is 0 Å². The molecule has 0 aliphatic rings. The number of halogens is 4. The maximum absolute atomic E-state index is 6.44. The lowest BCUT2D eigenvalue weighted by molar-refractivity contribution is 0.748. The third kappa shape index (κ3) is 3.47. The summed E-state index contributed by atoms with van der Waals surface area (Å²) in [6, 6.07) is 9.65. The number of unbranched alkanes of at least 4 members (excludes halogenated alkanes) is 1. The van der Waals surface area contributed by atoms with Gasteiger partial charge < -0.3 is 10.7 Å². The Labute approximate surface area is 164 Å². The molecule has 6 heteroatoms. The minimum absolute atomic E-state index is 0.533. The van der Waals surface area contributed by atoms with E-state index in [9.17, 15) is 0 Å². The molecular formula is C18H16BrCl3N2. The van der Waals surface area contributed by atoms with Crippen LogP contribution in [0.5, 0.6) is 0 Å². The van der Waals surface area contributed by atoms with E-state index in [1.54, 1.807) is 0 Å². The number of fused-ring (bicyclic) bond motifs is 1. The summed E-state index contributed by atoms with van der Waals surface area (Å²) in [6.07, 6.45) is 2.87. The third-order valence-corrected chi connectivity index (χ3v) is 5.68. The van der Waals surface area contributed by atoms with Crippen molar-refractivity contribution in [2.24, 2.45) is 5.73 Å². The summed E-state index contributed by atoms with van der Waals surface area (Å²) in [4.78, 5) is 3.43. The largest absolute Gasteiger partial charge is 0.353 e. The van der Waals surface area contributed by atoms with E-state index in [1.165, 1.54) is 5.56 Å². The molecule has 0 atom stereocenters. The van der Waals surface area contributed by atoms with Crippen LogP contribution in [0.4, 0.5) is 0 Å². The van der Waals surface area contributed by atoms with Crippen molar-refractivity contribution in [3.05, 3.63) is 55.4 Å². The number of nitrogens with two attached hydrogens (primary N) is 1. The van der Waals surface area contributed by atoms with Crippen LogP contribution in [0.3, 0.4) is 0 Å². The van der Waals surface area contributed by atoms with Crippen LogP contribution < -0.4 is 5.73 Å². The minimum atomic E-state index is 0.533. The predicted octanol–water partition coefficient (Wildman–Crippen LogP) is 6.84. The molecule has 3 N–H and O–H groups in total. The van der Waals surface area contributed by atoms with Gasteiger partial charge in [-0.1, -0.05) is 56.8 Å². The smallest absolute Gasteiger partial charge is 0.0833 e. The Kier molecular flexibility index (Phi) is 5.78. The maximum Gasteiger partial charge on any atom is 0.0833 e. The van der Waals surface area contributed by atoms with Crippen LogP contribution in [-0.2, 0) is 6.42 Å². The number of H-pyrrole nitrogens is 1. The van der Waals surface area contributed by atoms with Crippen molar-refractivity contribution in [2.45, 2.75) is 19.3 Å². The lowest BCUT2D eigenvalue weighted by atomic mass is 10.0. The van der Waals surface area contributed by atoms with Crippen molar-refractivity contribution in [3.8, 4) is 11.3 Å². The monoisotopic (exact) mass is 444 g/mol. The summed E-state index contributed by atoms with van der Waals surface area (Å²) in [5.41, 5.74) is 9.61. The molecule has 0 aliphatic carbocycles. The van der Waals surface area contributed by atoms with E-state index in [4.69, 9.17) is 40.5 Å². The standard InChI is InChI=1S/C18H16BrCl3N2/c19-10-4-6-14(20)13(9-10)17-11(3-1-2-8-23)12-5-7-15(21)16(22)18(12)24-17/h4-7,9,24H,1-3,8,23H2. The van der Waals surface area contributed by atoms with Gasteiger partial charge >= 0.3 is 0 Å². The molecule has 0 radical (unpaired) electrons. The number of rotatable bonds is 5. The summed E-state index contributed by atoms with van der Waals surface area (Å²) in [5.74, 6) is 0. The second-order valence-corrected chi connectivity index (χ2v) is 7.74. The average Bonchev–Trinajstić information content (AvgIpc) is 2.93. The van der Waals surface area contributed by atoms with Crippen molar-refractivity contribution in [3.63, 3.8) is 0 Å². The van der Waals surface area contributed by atoms with Crippen LogP contribution in [0.1, 0.15) is 18.4 Å². The molecule has 0 bridgehead atoms. The SMILES string of the molecule is NCCCCc1c(-c2cc(Br)ccc2Cl)[nH]c2c(Cl)c(Cl)ccc12. The fraction of sp³-hybridized carbons (Fsp3) is 0.222. The number of aromatic amines is 1. The number of aryl methyl sites for hydroxylation is 1. The number of hydrogen-bond acceptors (Lipinski definition) is 1. The zero-order valence-electron chi connectivity index (χ0n) is 12.8. The van der Waals surface area contributed by atoms with Crippen LogP contribution in [0, 0.1) is 0 Å². The molecule has 0 saturated carbocycles. The zero-order valence-corrected chi connectivity index (χ0v) is 16.7. The minimum Gasteiger partial charge on any atom is -0.353 e. The van der Waals surface area contributed by atoms with E-state index in [0.29, 0.717) is 21.6 Å². The third-order valence-electron chi connectivity index (χ3n) is 4.05. The number of aromatic nitrogens is 1. The number of hydrogen-bond donors (Lipinski definition) is 2. The second-order valence-electron chi connectivity index (χ2n) is 5.63. The van der Waals surface area contributed by atoms with Crippen LogP contribution in [0.25, 0.3) is 22.2 Å². The van der Waals surface area contributed by atoms with Gasteiger partial charge in [0.05, 0.1) is 21.3 Å². The van der Waals surface area contributed by atoms with Gasteiger partial charge in [0.2, 0.25) is 0 Å². The Morgan fingerprint density at radius 1 is 1.00 bits per heavy atom. The normalized spacial score (nSPS) is 11.4. The molecule has 3 aromatic rings. The van der Waals surface area contributed by atoms with Crippen molar-refractivity contribution < 1.29 is 0 Å². The zero-order chi connectivity index (χ0) is 17.3. The quantitative estimate of drug-likeness (QED) is 0.414. The summed E-state index contributed by atoms with van der Waals surface area (Å²) in [5, 5.41) is 2.83. The van der Waals surface area contributed by atoms with Crippen molar-refractivity contribution >= 4 is 61.6 Å². The molecule has 0 unspecified atom stereocenters. The first kappa shape index (κ1) is 18.1. The Hall–Kier alpha value is -0.710. The second kappa shape index (κ2) is 7.67. The van der Waals surface area contributed by atoms with Gasteiger partial charge in [0, 0.05) is 20.4 Å². The molecule has 0 amide bonds. The van der Waals surface area contributed by atoms with Gasteiger partial charge in [-0.15, -0.1) is 0 Å². The Balaban J connectivity index is 2.23. The first-order valence-corrected chi connectivity index (χ1v) is 9.59. The molecule has 126 valence electrons. The summed E-state index contributed by atoms with van der Waals surface area (Å²) in [6.45, 7) is 0.682. The number of nitrogens with one attached hydrogen (secondary N) is 1. The molecule has 2 aromatic carbocycles. The van der Waals surface area contributed by atoms with E-state index in [1.807, 2.05) is 30.3 Å². The molecule has 1 heterocycles. The van der Waals surface area contributed by atoms with Crippen LogP contribution in [0.2, 0.25) is 15.1 Å². The Morgan fingerprint density at radius 2 is 1.75 bits per heavy atom. The summed E-state index contributed by atoms with van der Waals surface area (Å²) >= 11 is 22.5. The van der Waals surface area contributed by atoms with Crippen molar-refractivity contribution in [2.75, 3.05) is 6.54 Å². The van der Waals surface area contributed by atoms with E-state index in [2.05, 4.69) is 20.9 Å². The topological polar surface area (TPSA) is 41.8 Å². The van der Waals surface area contributed by atoms with Crippen LogP contribution in [-0.4, -0.2) is 11.5 Å². The molecule has 3 rings (SSSR count). The van der Waals surface area contributed by atoms with Crippen molar-refractivity contribution in [1.29, 1.82) is 0 Å². The molecule has 1 aromatic heterocycles. The fourth-order valence-electron chi connectivity index (χ4n) is 2.88. The lowest BCUT2D eigenvalue weighted by Gasteiger charge is -2.08. The van der Waals surface area contributed by atoms with E-state index < -0.39 is 0 Å². The summed E-state index contributed by atoms with van der Waals surface area (Å²) in [7, 11) is 0. The summed E-state index contributed by atoms with van der Waals surface area (Å²) < 4.78 is 0.970. The first-order chi connectivity index (χ1) is 11.5. The van der Waals surface area contributed by atoms with Gasteiger partial charge in [0.1, 0.15) is 0 Å². The Bertz CT molecular complexity index is 890. The van der Waals surface area contributed by atoms with Gasteiger partial charge in [0.15, 0.2) is 0 Å². The van der Waals surface area contributed by atoms with E-state index in [0.717, 1.165) is 45.9 Å². The van der Waals surface area contributed by atoms with Crippen molar-refractivity contribution in [1.82, 2.24) is 4.98 Å². The van der Waals surface area contributed by atoms with E-state index >= 15 is 0 Å². The predicted molar refractivity (Wildman–Crippen MR) is 108 cm³/mol.